The molecule has 0 amide bonds. The van der Waals surface area contributed by atoms with Gasteiger partial charge in [-0.25, -0.2) is 0 Å². The molecular weight excluding hydrogens is 556 g/mol. The van der Waals surface area contributed by atoms with Crippen molar-refractivity contribution in [1.82, 2.24) is 0 Å². The Morgan fingerprint density at radius 1 is 0.500 bits per heavy atom. The summed E-state index contributed by atoms with van der Waals surface area (Å²) < 4.78 is 1.41. The Labute approximate surface area is 240 Å². The van der Waals surface area contributed by atoms with Gasteiger partial charge in [-0.05, 0) is 49.4 Å². The molecule has 0 atom stereocenters. The molecule has 0 spiro atoms. The molecule has 0 nitrogen and oxygen atoms in total. The normalized spacial score (nSPS) is 11.6. The van der Waals surface area contributed by atoms with Gasteiger partial charge in [0, 0.05) is 0 Å². The van der Waals surface area contributed by atoms with E-state index >= 15 is 0 Å². The van der Waals surface area contributed by atoms with Crippen molar-refractivity contribution in [3.63, 3.8) is 0 Å². The van der Waals surface area contributed by atoms with Crippen molar-refractivity contribution >= 4 is 37.1 Å². The van der Waals surface area contributed by atoms with Crippen LogP contribution in [0.5, 0.6) is 0 Å². The van der Waals surface area contributed by atoms with Gasteiger partial charge < -0.3 is 24.8 Å². The number of rotatable bonds is 7. The van der Waals surface area contributed by atoms with E-state index in [4.69, 9.17) is 0 Å². The molecule has 36 heavy (non-hydrogen) atoms. The zero-order valence-corrected chi connectivity index (χ0v) is 24.7. The van der Waals surface area contributed by atoms with Crippen LogP contribution in [0.3, 0.4) is 0 Å². The summed E-state index contributed by atoms with van der Waals surface area (Å²) in [4.78, 5) is 0. The van der Waals surface area contributed by atoms with Gasteiger partial charge in [0.05, 0.1) is 0 Å². The fourth-order valence-electron chi connectivity index (χ4n) is 3.88. The molecule has 0 aliphatic heterocycles. The minimum atomic E-state index is -0.348. The van der Waals surface area contributed by atoms with Crippen molar-refractivity contribution in [1.29, 1.82) is 0 Å². The quantitative estimate of drug-likeness (QED) is 0.280. The molecule has 4 aromatic carbocycles. The molecule has 0 radical (unpaired) electrons. The summed E-state index contributed by atoms with van der Waals surface area (Å²) in [7, 11) is -0.696. The van der Waals surface area contributed by atoms with Crippen LogP contribution < -0.4 is 46.0 Å². The molecule has 1 aliphatic rings. The molecule has 0 aromatic heterocycles. The summed E-state index contributed by atoms with van der Waals surface area (Å²) in [6, 6.07) is 44.2. The standard InChI is InChI=1S/C26H24P2.C5H5.2ClH.V/c1-5-13-23(14-6-1)27(24-15-7-2-8-16-24)21-22-28(25-17-9-3-10-18-25)26-19-11-4-12-20-26;1-2-4-5-3-1;;;/h1-20H,21-22H2;1-3H,4H2;2*1H;/q;;;;+2/p-2. The van der Waals surface area contributed by atoms with Gasteiger partial charge in [0.15, 0.2) is 0 Å². The van der Waals surface area contributed by atoms with Crippen LogP contribution in [0.1, 0.15) is 6.42 Å². The van der Waals surface area contributed by atoms with E-state index in [1.807, 2.05) is 0 Å². The predicted molar refractivity (Wildman–Crippen MR) is 150 cm³/mol. The topological polar surface area (TPSA) is 0 Å². The second-order valence-corrected chi connectivity index (χ2v) is 13.5. The third-order valence-corrected chi connectivity index (χ3v) is 11.5. The van der Waals surface area contributed by atoms with Gasteiger partial charge in [0.2, 0.25) is 0 Å². The Morgan fingerprint density at radius 2 is 0.806 bits per heavy atom. The third kappa shape index (κ3) is 9.36. The first-order chi connectivity index (χ1) is 16.8. The SMILES string of the molecule is [Cl-].[Cl-].[V+2][C]1=CC=CC1.c1ccc(P(CCP(c2ccccc2)c2ccccc2)c2ccccc2)cc1. The van der Waals surface area contributed by atoms with Crippen LogP contribution in [0.2, 0.25) is 0 Å². The largest absolute Gasteiger partial charge is 0.0622 e. The van der Waals surface area contributed by atoms with Gasteiger partial charge in [-0.2, -0.15) is 0 Å². The summed E-state index contributed by atoms with van der Waals surface area (Å²) in [6.45, 7) is 0. The maximum absolute atomic E-state index is 2.54. The van der Waals surface area contributed by atoms with E-state index in [1.54, 1.807) is 0 Å². The molecule has 0 saturated carbocycles. The van der Waals surface area contributed by atoms with E-state index < -0.39 is 0 Å². The van der Waals surface area contributed by atoms with Crippen LogP contribution in [-0.2, 0) is 17.4 Å². The first kappa shape index (κ1) is 30.6. The van der Waals surface area contributed by atoms with Crippen LogP contribution in [-0.4, -0.2) is 12.3 Å². The Bertz CT molecular complexity index is 1020. The number of hydrogen-bond donors (Lipinski definition) is 0. The molecular formula is C31H29Cl2P2V. The molecule has 4 aromatic rings. The van der Waals surface area contributed by atoms with E-state index in [2.05, 4.69) is 157 Å². The molecule has 0 unspecified atom stereocenters. The van der Waals surface area contributed by atoms with Gasteiger partial charge in [0.1, 0.15) is 0 Å². The summed E-state index contributed by atoms with van der Waals surface area (Å²) >= 11 is 2.54. The molecule has 1 aliphatic carbocycles. The van der Waals surface area contributed by atoms with Crippen molar-refractivity contribution in [2.75, 3.05) is 12.3 Å². The predicted octanol–water partition coefficient (Wildman–Crippen LogP) is 0.637. The fraction of sp³-hybridized carbons (Fsp3) is 0.0968. The Morgan fingerprint density at radius 3 is 1.00 bits per heavy atom. The van der Waals surface area contributed by atoms with Gasteiger partial charge in [-0.15, -0.1) is 0 Å². The maximum atomic E-state index is 2.54. The van der Waals surface area contributed by atoms with Crippen molar-refractivity contribution in [2.24, 2.45) is 0 Å². The van der Waals surface area contributed by atoms with Crippen molar-refractivity contribution in [3.8, 4) is 0 Å². The van der Waals surface area contributed by atoms with Crippen molar-refractivity contribution in [2.45, 2.75) is 6.42 Å². The van der Waals surface area contributed by atoms with Crippen LogP contribution in [0, 0.1) is 0 Å². The van der Waals surface area contributed by atoms with Crippen LogP contribution in [0.25, 0.3) is 0 Å². The number of halogens is 2. The van der Waals surface area contributed by atoms with Crippen LogP contribution in [0.15, 0.2) is 144 Å². The van der Waals surface area contributed by atoms with Gasteiger partial charge in [-0.3, -0.25) is 0 Å². The average molecular weight is 585 g/mol. The number of allylic oxidation sites excluding steroid dienone is 4. The van der Waals surface area contributed by atoms with Gasteiger partial charge >= 0.3 is 46.4 Å². The van der Waals surface area contributed by atoms with Crippen LogP contribution in [0.4, 0.5) is 0 Å². The monoisotopic (exact) mass is 584 g/mol. The number of benzene rings is 4. The second-order valence-electron chi connectivity index (χ2n) is 7.94. The molecule has 5 heteroatoms. The fourth-order valence-corrected chi connectivity index (χ4v) is 9.54. The zero-order chi connectivity index (χ0) is 23.4. The van der Waals surface area contributed by atoms with Crippen molar-refractivity contribution < 1.29 is 42.2 Å². The summed E-state index contributed by atoms with van der Waals surface area (Å²) in [5.41, 5.74) is 0. The minimum Gasteiger partial charge on any atom is -0.0622 e. The zero-order valence-electron chi connectivity index (χ0n) is 20.0. The Balaban J connectivity index is 0.000000503. The van der Waals surface area contributed by atoms with Crippen LogP contribution >= 0.6 is 15.8 Å². The first-order valence-corrected chi connectivity index (χ1v) is 15.4. The molecule has 0 fully saturated rings. The second kappa shape index (κ2) is 17.0. The smallest absolute Gasteiger partial charge is 0.0195 e. The summed E-state index contributed by atoms with van der Waals surface area (Å²) in [5, 5.41) is 5.89. The van der Waals surface area contributed by atoms with E-state index in [9.17, 15) is 0 Å². The molecule has 5 rings (SSSR count). The van der Waals surface area contributed by atoms with E-state index in [1.165, 1.54) is 37.8 Å². The molecule has 182 valence electrons. The van der Waals surface area contributed by atoms with Gasteiger partial charge in [-0.1, -0.05) is 121 Å². The van der Waals surface area contributed by atoms with E-state index in [0.717, 1.165) is 6.42 Å². The van der Waals surface area contributed by atoms with Gasteiger partial charge in [0.25, 0.3) is 0 Å². The first-order valence-electron chi connectivity index (χ1n) is 11.6. The molecule has 0 heterocycles. The van der Waals surface area contributed by atoms with E-state index in [-0.39, 0.29) is 40.7 Å². The van der Waals surface area contributed by atoms with Crippen molar-refractivity contribution in [3.05, 3.63) is 144 Å². The molecule has 0 N–H and O–H groups in total. The Kier molecular flexibility index (Phi) is 14.5. The summed E-state index contributed by atoms with van der Waals surface area (Å²) in [5.74, 6) is 0. The summed E-state index contributed by atoms with van der Waals surface area (Å²) in [6.07, 6.45) is 9.89. The average Bonchev–Trinajstić information content (AvgIpc) is 3.40. The maximum Gasteiger partial charge on any atom is -0.0195 e. The Hall–Kier alpha value is -1.62. The third-order valence-electron chi connectivity index (χ3n) is 5.57. The molecule has 0 bridgehead atoms. The van der Waals surface area contributed by atoms with E-state index in [0.29, 0.717) is 0 Å². The number of hydrogen-bond acceptors (Lipinski definition) is 0. The molecule has 0 saturated heterocycles. The minimum absolute atomic E-state index is 0.